The van der Waals surface area contributed by atoms with Crippen LogP contribution in [0.5, 0.6) is 0 Å². The number of hydrogen-bond acceptors (Lipinski definition) is 2. The molecule has 84 valence electrons. The van der Waals surface area contributed by atoms with Gasteiger partial charge >= 0.3 is 5.97 Å². The summed E-state index contributed by atoms with van der Waals surface area (Å²) >= 11 is 0. The van der Waals surface area contributed by atoms with Gasteiger partial charge in [-0.25, -0.2) is 13.6 Å². The molecule has 0 saturated carbocycles. The molecule has 1 unspecified atom stereocenters. The minimum absolute atomic E-state index is 0.300. The molecule has 0 radical (unpaired) electrons. The Morgan fingerprint density at radius 3 is 2.69 bits per heavy atom. The number of hydrogen-bond donors (Lipinski definition) is 0. The van der Waals surface area contributed by atoms with Gasteiger partial charge in [-0.2, -0.15) is 0 Å². The minimum atomic E-state index is -0.943. The van der Waals surface area contributed by atoms with E-state index in [-0.39, 0.29) is 5.56 Å². The van der Waals surface area contributed by atoms with Gasteiger partial charge in [-0.15, -0.1) is 5.92 Å². The second-order valence-electron chi connectivity index (χ2n) is 3.07. The van der Waals surface area contributed by atoms with Gasteiger partial charge in [0.15, 0.2) is 6.10 Å². The molecule has 0 aromatic heterocycles. The molecule has 16 heavy (non-hydrogen) atoms. The third kappa shape index (κ3) is 3.06. The SMILES string of the molecule is CC#CC(C)OC(=O)c1ccc(F)cc1F. The Hall–Kier alpha value is -1.89. The highest BCUT2D eigenvalue weighted by molar-refractivity contribution is 5.89. The first-order chi connectivity index (χ1) is 7.54. The van der Waals surface area contributed by atoms with Crippen LogP contribution in [-0.4, -0.2) is 12.1 Å². The van der Waals surface area contributed by atoms with Gasteiger partial charge in [0.2, 0.25) is 0 Å². The molecule has 4 heteroatoms. The maximum absolute atomic E-state index is 13.2. The zero-order valence-corrected chi connectivity index (χ0v) is 8.88. The van der Waals surface area contributed by atoms with Gasteiger partial charge in [-0.3, -0.25) is 0 Å². The lowest BCUT2D eigenvalue weighted by Gasteiger charge is -2.07. The van der Waals surface area contributed by atoms with Crippen LogP contribution >= 0.6 is 0 Å². The first kappa shape index (κ1) is 12.2. The van der Waals surface area contributed by atoms with Crippen LogP contribution < -0.4 is 0 Å². The minimum Gasteiger partial charge on any atom is -0.446 e. The van der Waals surface area contributed by atoms with Crippen LogP contribution in [0.15, 0.2) is 18.2 Å². The molecule has 1 rings (SSSR count). The normalized spacial score (nSPS) is 11.2. The number of halogens is 2. The Labute approximate surface area is 92.2 Å². The van der Waals surface area contributed by atoms with Crippen LogP contribution in [0.4, 0.5) is 8.78 Å². The highest BCUT2D eigenvalue weighted by Gasteiger charge is 2.15. The average molecular weight is 224 g/mol. The molecule has 1 aromatic carbocycles. The molecule has 0 aliphatic carbocycles. The number of esters is 1. The van der Waals surface area contributed by atoms with Crippen molar-refractivity contribution in [3.8, 4) is 11.8 Å². The number of carbonyl (C=O) groups is 1. The Morgan fingerprint density at radius 2 is 2.12 bits per heavy atom. The van der Waals surface area contributed by atoms with Gasteiger partial charge in [-0.1, -0.05) is 5.92 Å². The molecule has 0 amide bonds. The van der Waals surface area contributed by atoms with Crippen molar-refractivity contribution in [2.45, 2.75) is 20.0 Å². The number of ether oxygens (including phenoxy) is 1. The summed E-state index contributed by atoms with van der Waals surface area (Å²) in [6, 6.07) is 2.67. The van der Waals surface area contributed by atoms with Crippen molar-refractivity contribution < 1.29 is 18.3 Å². The Morgan fingerprint density at radius 1 is 1.44 bits per heavy atom. The summed E-state index contributed by atoms with van der Waals surface area (Å²) < 4.78 is 30.6. The number of benzene rings is 1. The van der Waals surface area contributed by atoms with Gasteiger partial charge in [0.1, 0.15) is 11.6 Å². The summed E-state index contributed by atoms with van der Waals surface area (Å²) in [4.78, 5) is 11.4. The zero-order chi connectivity index (χ0) is 12.1. The van der Waals surface area contributed by atoms with E-state index >= 15 is 0 Å². The Balaban J connectivity index is 2.83. The predicted octanol–water partition coefficient (Wildman–Crippen LogP) is 2.53. The summed E-state index contributed by atoms with van der Waals surface area (Å²) in [5, 5.41) is 0. The second-order valence-corrected chi connectivity index (χ2v) is 3.07. The molecule has 1 aromatic rings. The summed E-state index contributed by atoms with van der Waals surface area (Å²) in [5.74, 6) is 2.62. The first-order valence-electron chi connectivity index (χ1n) is 4.63. The lowest BCUT2D eigenvalue weighted by atomic mass is 10.2. The maximum atomic E-state index is 13.2. The molecule has 0 bridgehead atoms. The Kier molecular flexibility index (Phi) is 4.01. The smallest absolute Gasteiger partial charge is 0.342 e. The molecular weight excluding hydrogens is 214 g/mol. The van der Waals surface area contributed by atoms with E-state index in [1.54, 1.807) is 13.8 Å². The molecule has 0 N–H and O–H groups in total. The molecule has 0 spiro atoms. The van der Waals surface area contributed by atoms with Crippen LogP contribution in [0.2, 0.25) is 0 Å². The van der Waals surface area contributed by atoms with Crippen LogP contribution in [0.3, 0.4) is 0 Å². The van der Waals surface area contributed by atoms with Crippen molar-refractivity contribution in [3.05, 3.63) is 35.4 Å². The predicted molar refractivity (Wildman–Crippen MR) is 54.7 cm³/mol. The fraction of sp³-hybridized carbons (Fsp3) is 0.250. The van der Waals surface area contributed by atoms with Gasteiger partial charge in [0, 0.05) is 6.07 Å². The van der Waals surface area contributed by atoms with Crippen LogP contribution in [0.25, 0.3) is 0 Å². The van der Waals surface area contributed by atoms with Gasteiger partial charge < -0.3 is 4.74 Å². The molecule has 2 nitrogen and oxygen atoms in total. The van der Waals surface area contributed by atoms with Gasteiger partial charge in [0.05, 0.1) is 5.56 Å². The van der Waals surface area contributed by atoms with E-state index in [4.69, 9.17) is 4.74 Å². The zero-order valence-electron chi connectivity index (χ0n) is 8.88. The van der Waals surface area contributed by atoms with Crippen LogP contribution in [-0.2, 0) is 4.74 Å². The summed E-state index contributed by atoms with van der Waals surface area (Å²) in [6.45, 7) is 3.17. The van der Waals surface area contributed by atoms with Gasteiger partial charge in [-0.05, 0) is 26.0 Å². The van der Waals surface area contributed by atoms with E-state index in [1.807, 2.05) is 0 Å². The van der Waals surface area contributed by atoms with E-state index in [0.29, 0.717) is 6.07 Å². The van der Waals surface area contributed by atoms with E-state index in [9.17, 15) is 13.6 Å². The topological polar surface area (TPSA) is 26.3 Å². The van der Waals surface area contributed by atoms with E-state index in [2.05, 4.69) is 11.8 Å². The third-order valence-electron chi connectivity index (χ3n) is 1.78. The van der Waals surface area contributed by atoms with Crippen molar-refractivity contribution >= 4 is 5.97 Å². The van der Waals surface area contributed by atoms with Crippen molar-refractivity contribution in [1.82, 2.24) is 0 Å². The van der Waals surface area contributed by atoms with Gasteiger partial charge in [0.25, 0.3) is 0 Å². The summed E-state index contributed by atoms with van der Waals surface area (Å²) in [7, 11) is 0. The third-order valence-corrected chi connectivity index (χ3v) is 1.78. The number of rotatable bonds is 2. The largest absolute Gasteiger partial charge is 0.446 e. The lowest BCUT2D eigenvalue weighted by Crippen LogP contribution is -2.14. The first-order valence-corrected chi connectivity index (χ1v) is 4.63. The second kappa shape index (κ2) is 5.26. The fourth-order valence-electron chi connectivity index (χ4n) is 1.11. The van der Waals surface area contributed by atoms with Crippen LogP contribution in [0, 0.1) is 23.5 Å². The van der Waals surface area contributed by atoms with E-state index in [1.165, 1.54) is 0 Å². The highest BCUT2D eigenvalue weighted by atomic mass is 19.1. The van der Waals surface area contributed by atoms with E-state index < -0.39 is 23.7 Å². The average Bonchev–Trinajstić information content (AvgIpc) is 2.17. The molecular formula is C12H10F2O2. The molecule has 0 saturated heterocycles. The summed E-state index contributed by atoms with van der Waals surface area (Å²) in [6.07, 6.45) is -0.623. The molecule has 1 atom stereocenters. The van der Waals surface area contributed by atoms with Crippen LogP contribution in [0.1, 0.15) is 24.2 Å². The molecule has 0 aliphatic rings. The number of carbonyl (C=O) groups excluding carboxylic acids is 1. The van der Waals surface area contributed by atoms with Crippen molar-refractivity contribution in [2.24, 2.45) is 0 Å². The molecule has 0 aliphatic heterocycles. The van der Waals surface area contributed by atoms with Crippen molar-refractivity contribution in [3.63, 3.8) is 0 Å². The Bertz CT molecular complexity index is 458. The van der Waals surface area contributed by atoms with Crippen molar-refractivity contribution in [2.75, 3.05) is 0 Å². The van der Waals surface area contributed by atoms with E-state index in [0.717, 1.165) is 12.1 Å². The monoisotopic (exact) mass is 224 g/mol. The lowest BCUT2D eigenvalue weighted by molar-refractivity contribution is 0.0433. The quantitative estimate of drug-likeness (QED) is 0.570. The fourth-order valence-corrected chi connectivity index (χ4v) is 1.11. The maximum Gasteiger partial charge on any atom is 0.342 e. The molecule has 0 fully saturated rings. The molecule has 0 heterocycles. The standard InChI is InChI=1S/C12H10F2O2/c1-3-4-8(2)16-12(15)10-6-5-9(13)7-11(10)14/h5-8H,1-2H3. The van der Waals surface area contributed by atoms with Crippen molar-refractivity contribution in [1.29, 1.82) is 0 Å². The highest BCUT2D eigenvalue weighted by Crippen LogP contribution is 2.11. The summed E-state index contributed by atoms with van der Waals surface area (Å²) in [5.41, 5.74) is -0.300.